The zero-order chi connectivity index (χ0) is 11.2. The molecule has 1 aliphatic carbocycles. The lowest BCUT2D eigenvalue weighted by atomic mass is 9.73. The minimum absolute atomic E-state index is 0.348. The first-order valence-corrected chi connectivity index (χ1v) is 6.05. The molecule has 2 aliphatic rings. The van der Waals surface area contributed by atoms with Crippen LogP contribution >= 0.6 is 0 Å². The van der Waals surface area contributed by atoms with Crippen LogP contribution in [-0.2, 0) is 11.8 Å². The van der Waals surface area contributed by atoms with Crippen LogP contribution in [0.2, 0.25) is 0 Å². The largest absolute Gasteiger partial charge is 0.359 e. The standard InChI is InChI=1S/C15H17N/c1-3-10-16-11-15(2)9-5-7-12-6-4-8-13(16)14(12)15/h1,4,6,8H,5,7,9-11H2,2H3. The molecule has 1 heterocycles. The van der Waals surface area contributed by atoms with Crippen molar-refractivity contribution in [2.24, 2.45) is 0 Å². The average Bonchev–Trinajstić information content (AvgIpc) is 2.55. The number of terminal acetylenes is 1. The Bertz CT molecular complexity index is 469. The van der Waals surface area contributed by atoms with E-state index in [0.717, 1.165) is 13.1 Å². The van der Waals surface area contributed by atoms with E-state index in [1.165, 1.54) is 24.9 Å². The quantitative estimate of drug-likeness (QED) is 0.646. The number of hydrogen-bond donors (Lipinski definition) is 0. The molecule has 0 saturated carbocycles. The summed E-state index contributed by atoms with van der Waals surface area (Å²) in [6, 6.07) is 6.69. The fourth-order valence-corrected chi connectivity index (χ4v) is 3.47. The second-order valence-corrected chi connectivity index (χ2v) is 5.29. The molecule has 0 amide bonds. The van der Waals surface area contributed by atoms with E-state index < -0.39 is 0 Å². The van der Waals surface area contributed by atoms with Crippen LogP contribution in [0.25, 0.3) is 0 Å². The minimum Gasteiger partial charge on any atom is -0.359 e. The van der Waals surface area contributed by atoms with Crippen LogP contribution in [0.5, 0.6) is 0 Å². The van der Waals surface area contributed by atoms with Crippen molar-refractivity contribution in [2.45, 2.75) is 31.6 Å². The Kier molecular flexibility index (Phi) is 2.01. The number of rotatable bonds is 1. The summed E-state index contributed by atoms with van der Waals surface area (Å²) < 4.78 is 0. The van der Waals surface area contributed by atoms with Crippen LogP contribution < -0.4 is 4.90 Å². The predicted molar refractivity (Wildman–Crippen MR) is 67.8 cm³/mol. The summed E-state index contributed by atoms with van der Waals surface area (Å²) >= 11 is 0. The van der Waals surface area contributed by atoms with Gasteiger partial charge >= 0.3 is 0 Å². The van der Waals surface area contributed by atoms with E-state index in [2.05, 4.69) is 35.9 Å². The van der Waals surface area contributed by atoms with Crippen LogP contribution in [0, 0.1) is 12.3 Å². The second kappa shape index (κ2) is 3.28. The number of aryl methyl sites for hydroxylation is 1. The van der Waals surface area contributed by atoms with Crippen molar-refractivity contribution in [1.29, 1.82) is 0 Å². The molecule has 1 aromatic carbocycles. The monoisotopic (exact) mass is 211 g/mol. The number of benzene rings is 1. The summed E-state index contributed by atoms with van der Waals surface area (Å²) in [7, 11) is 0. The third-order valence-corrected chi connectivity index (χ3v) is 4.07. The Balaban J connectivity index is 2.16. The minimum atomic E-state index is 0.348. The lowest BCUT2D eigenvalue weighted by Crippen LogP contribution is -2.33. The van der Waals surface area contributed by atoms with Crippen molar-refractivity contribution in [3.05, 3.63) is 29.3 Å². The van der Waals surface area contributed by atoms with Crippen LogP contribution in [0.1, 0.15) is 30.9 Å². The van der Waals surface area contributed by atoms with Gasteiger partial charge in [0, 0.05) is 17.6 Å². The Hall–Kier alpha value is -1.42. The number of hydrogen-bond acceptors (Lipinski definition) is 1. The Morgan fingerprint density at radius 1 is 1.50 bits per heavy atom. The van der Waals surface area contributed by atoms with E-state index in [-0.39, 0.29) is 0 Å². The highest BCUT2D eigenvalue weighted by Gasteiger charge is 2.41. The highest BCUT2D eigenvalue weighted by atomic mass is 15.2. The van der Waals surface area contributed by atoms with Crippen LogP contribution in [0.4, 0.5) is 5.69 Å². The van der Waals surface area contributed by atoms with Gasteiger partial charge < -0.3 is 4.90 Å². The lowest BCUT2D eigenvalue weighted by molar-refractivity contribution is 0.421. The topological polar surface area (TPSA) is 3.24 Å². The van der Waals surface area contributed by atoms with Gasteiger partial charge in [0.05, 0.1) is 6.54 Å². The van der Waals surface area contributed by atoms with E-state index in [9.17, 15) is 0 Å². The fourth-order valence-electron chi connectivity index (χ4n) is 3.47. The summed E-state index contributed by atoms with van der Waals surface area (Å²) in [6.45, 7) is 4.24. The summed E-state index contributed by atoms with van der Waals surface area (Å²) in [5, 5.41) is 0. The maximum absolute atomic E-state index is 5.46. The van der Waals surface area contributed by atoms with Gasteiger partial charge in [0.15, 0.2) is 0 Å². The molecule has 0 bridgehead atoms. The highest BCUT2D eigenvalue weighted by molar-refractivity contribution is 5.66. The summed E-state index contributed by atoms with van der Waals surface area (Å²) in [5.74, 6) is 2.78. The zero-order valence-corrected chi connectivity index (χ0v) is 9.79. The normalized spacial score (nSPS) is 26.4. The van der Waals surface area contributed by atoms with Crippen LogP contribution in [0.3, 0.4) is 0 Å². The van der Waals surface area contributed by atoms with Gasteiger partial charge in [-0.15, -0.1) is 6.42 Å². The first-order valence-electron chi connectivity index (χ1n) is 6.05. The molecular weight excluding hydrogens is 194 g/mol. The maximum atomic E-state index is 5.46. The molecule has 0 fully saturated rings. The Morgan fingerprint density at radius 3 is 3.19 bits per heavy atom. The van der Waals surface area contributed by atoms with Gasteiger partial charge in [-0.1, -0.05) is 25.0 Å². The SMILES string of the molecule is C#CCN1CC2(C)CCCc3cccc1c32. The van der Waals surface area contributed by atoms with E-state index in [1.807, 2.05) is 0 Å². The Labute approximate surface area is 97.5 Å². The second-order valence-electron chi connectivity index (χ2n) is 5.29. The molecule has 0 N–H and O–H groups in total. The molecule has 1 atom stereocenters. The third-order valence-electron chi connectivity index (χ3n) is 4.07. The highest BCUT2D eigenvalue weighted by Crippen LogP contribution is 2.48. The summed E-state index contributed by atoms with van der Waals surface area (Å²) in [4.78, 5) is 2.37. The molecule has 3 rings (SSSR count). The average molecular weight is 211 g/mol. The Morgan fingerprint density at radius 2 is 2.38 bits per heavy atom. The zero-order valence-electron chi connectivity index (χ0n) is 9.79. The molecule has 0 saturated heterocycles. The van der Waals surface area contributed by atoms with E-state index in [0.29, 0.717) is 5.41 Å². The predicted octanol–water partition coefficient (Wildman–Crippen LogP) is 2.73. The van der Waals surface area contributed by atoms with Crippen molar-refractivity contribution >= 4 is 5.69 Å². The van der Waals surface area contributed by atoms with Gasteiger partial charge in [0.1, 0.15) is 0 Å². The van der Waals surface area contributed by atoms with Gasteiger partial charge in [-0.25, -0.2) is 0 Å². The smallest absolute Gasteiger partial charge is 0.0792 e. The van der Waals surface area contributed by atoms with Gasteiger partial charge in [-0.05, 0) is 36.5 Å². The lowest BCUT2D eigenvalue weighted by Gasteiger charge is -2.31. The van der Waals surface area contributed by atoms with Gasteiger partial charge in [0.2, 0.25) is 0 Å². The number of nitrogens with zero attached hydrogens (tertiary/aromatic N) is 1. The first-order chi connectivity index (χ1) is 7.74. The molecule has 1 unspecified atom stereocenters. The molecule has 1 aromatic rings. The molecule has 16 heavy (non-hydrogen) atoms. The van der Waals surface area contributed by atoms with Crippen LogP contribution in [0.15, 0.2) is 18.2 Å². The van der Waals surface area contributed by atoms with Gasteiger partial charge in [-0.2, -0.15) is 0 Å². The molecule has 1 heteroatoms. The number of anilines is 1. The maximum Gasteiger partial charge on any atom is 0.0792 e. The molecule has 0 spiro atoms. The molecule has 0 aromatic heterocycles. The van der Waals surface area contributed by atoms with E-state index >= 15 is 0 Å². The van der Waals surface area contributed by atoms with Crippen molar-refractivity contribution in [1.82, 2.24) is 0 Å². The van der Waals surface area contributed by atoms with Crippen LogP contribution in [-0.4, -0.2) is 13.1 Å². The molecule has 1 nitrogen and oxygen atoms in total. The molecule has 0 radical (unpaired) electrons. The van der Waals surface area contributed by atoms with Crippen molar-refractivity contribution in [3.63, 3.8) is 0 Å². The summed E-state index contributed by atoms with van der Waals surface area (Å²) in [6.07, 6.45) is 9.32. The van der Waals surface area contributed by atoms with E-state index in [4.69, 9.17) is 6.42 Å². The summed E-state index contributed by atoms with van der Waals surface area (Å²) in [5.41, 5.74) is 4.86. The van der Waals surface area contributed by atoms with Crippen molar-refractivity contribution in [3.8, 4) is 12.3 Å². The van der Waals surface area contributed by atoms with E-state index in [1.54, 1.807) is 11.1 Å². The molecule has 1 aliphatic heterocycles. The molecule has 82 valence electrons. The van der Waals surface area contributed by atoms with Crippen molar-refractivity contribution < 1.29 is 0 Å². The first kappa shape index (κ1) is 9.78. The molecular formula is C15H17N. The van der Waals surface area contributed by atoms with Gasteiger partial charge in [0.25, 0.3) is 0 Å². The third kappa shape index (κ3) is 1.19. The van der Waals surface area contributed by atoms with Gasteiger partial charge in [-0.3, -0.25) is 0 Å². The van der Waals surface area contributed by atoms with Crippen molar-refractivity contribution in [2.75, 3.05) is 18.0 Å². The fraction of sp³-hybridized carbons (Fsp3) is 0.467.